The molecule has 2 aliphatic heterocycles. The molecule has 1 amide bonds. The van der Waals surface area contributed by atoms with Gasteiger partial charge in [-0.05, 0) is 49.2 Å². The zero-order valence-electron chi connectivity index (χ0n) is 21.1. The Kier molecular flexibility index (Phi) is 7.65. The molecule has 0 unspecified atom stereocenters. The van der Waals surface area contributed by atoms with E-state index in [1.54, 1.807) is 17.0 Å². The van der Waals surface area contributed by atoms with Crippen molar-refractivity contribution in [2.24, 2.45) is 0 Å². The lowest BCUT2D eigenvalue weighted by atomic mass is 10.1. The Hall–Kier alpha value is -3.12. The first kappa shape index (κ1) is 25.5. The number of nitrogens with zero attached hydrogens (tertiary/aromatic N) is 5. The molecule has 0 aliphatic carbocycles. The van der Waals surface area contributed by atoms with E-state index in [-0.39, 0.29) is 17.2 Å². The summed E-state index contributed by atoms with van der Waals surface area (Å²) in [6.45, 7) is 10.3. The summed E-state index contributed by atoms with van der Waals surface area (Å²) in [6, 6.07) is 8.90. The summed E-state index contributed by atoms with van der Waals surface area (Å²) in [5, 5.41) is 12.6. The highest BCUT2D eigenvalue weighted by Gasteiger charge is 2.27. The number of aryl methyl sites for hydroxylation is 2. The molecule has 0 atom stereocenters. The average Bonchev–Trinajstić information content (AvgIpc) is 3.31. The molecule has 2 fully saturated rings. The Morgan fingerprint density at radius 1 is 1.05 bits per heavy atom. The maximum Gasteiger partial charge on any atom is 0.293 e. The largest absolute Gasteiger partial charge is 0.379 e. The number of rotatable bonds is 7. The van der Waals surface area contributed by atoms with Crippen molar-refractivity contribution < 1.29 is 19.2 Å². The highest BCUT2D eigenvalue weighted by molar-refractivity contribution is 7.22. The second-order valence-electron chi connectivity index (χ2n) is 9.37. The summed E-state index contributed by atoms with van der Waals surface area (Å²) in [7, 11) is 0. The summed E-state index contributed by atoms with van der Waals surface area (Å²) in [5.41, 5.74) is 3.87. The van der Waals surface area contributed by atoms with E-state index < -0.39 is 4.92 Å². The number of nitro benzene ring substituents is 1. The molecule has 0 saturated carbocycles. The number of amides is 1. The van der Waals surface area contributed by atoms with Crippen LogP contribution in [0.3, 0.4) is 0 Å². The van der Waals surface area contributed by atoms with Gasteiger partial charge < -0.3 is 14.4 Å². The SMILES string of the molecule is Cc1cc2nc(N(CCN3CCOCC3)C(=O)c3ccc(N4CCOCC4)c([N+](=O)[O-])c3)sc2cc1C. The number of hydrogen-bond donors (Lipinski definition) is 0. The number of carbonyl (C=O) groups excluding carboxylic acids is 1. The number of nitro groups is 1. The van der Waals surface area contributed by atoms with E-state index >= 15 is 0 Å². The molecule has 196 valence electrons. The summed E-state index contributed by atoms with van der Waals surface area (Å²) in [4.78, 5) is 36.1. The maximum atomic E-state index is 13.9. The Labute approximate surface area is 219 Å². The van der Waals surface area contributed by atoms with Crippen LogP contribution in [0.2, 0.25) is 0 Å². The van der Waals surface area contributed by atoms with E-state index in [2.05, 4.69) is 17.9 Å². The molecule has 1 aromatic heterocycles. The average molecular weight is 526 g/mol. The lowest BCUT2D eigenvalue weighted by molar-refractivity contribution is -0.384. The maximum absolute atomic E-state index is 13.9. The zero-order chi connectivity index (χ0) is 25.9. The second-order valence-corrected chi connectivity index (χ2v) is 10.4. The summed E-state index contributed by atoms with van der Waals surface area (Å²) >= 11 is 1.47. The Bertz CT molecular complexity index is 1260. The molecular formula is C26H31N5O5S. The van der Waals surface area contributed by atoms with E-state index in [1.807, 2.05) is 17.9 Å². The van der Waals surface area contributed by atoms with Gasteiger partial charge in [0.25, 0.3) is 11.6 Å². The lowest BCUT2D eigenvalue weighted by Crippen LogP contribution is -2.43. The lowest BCUT2D eigenvalue weighted by Gasteiger charge is -2.30. The van der Waals surface area contributed by atoms with Gasteiger partial charge in [0.05, 0.1) is 41.6 Å². The molecule has 3 heterocycles. The summed E-state index contributed by atoms with van der Waals surface area (Å²) in [6.07, 6.45) is 0. The molecule has 0 N–H and O–H groups in total. The molecule has 2 aromatic carbocycles. The number of benzene rings is 2. The molecule has 37 heavy (non-hydrogen) atoms. The Balaban J connectivity index is 1.48. The van der Waals surface area contributed by atoms with Gasteiger partial charge in [-0.1, -0.05) is 11.3 Å². The van der Waals surface area contributed by atoms with Crippen LogP contribution in [-0.4, -0.2) is 86.4 Å². The van der Waals surface area contributed by atoms with Crippen molar-refractivity contribution in [2.45, 2.75) is 13.8 Å². The van der Waals surface area contributed by atoms with Crippen molar-refractivity contribution in [1.82, 2.24) is 9.88 Å². The number of fused-ring (bicyclic) bond motifs is 1. The van der Waals surface area contributed by atoms with Crippen LogP contribution in [0.15, 0.2) is 30.3 Å². The van der Waals surface area contributed by atoms with Crippen molar-refractivity contribution in [3.05, 3.63) is 57.1 Å². The second kappa shape index (κ2) is 11.1. The third-order valence-corrected chi connectivity index (χ3v) is 8.02. The monoisotopic (exact) mass is 525 g/mol. The third-order valence-electron chi connectivity index (χ3n) is 6.98. The van der Waals surface area contributed by atoms with Gasteiger partial charge >= 0.3 is 0 Å². The summed E-state index contributed by atoms with van der Waals surface area (Å²) in [5.74, 6) is -0.294. The number of aromatic nitrogens is 1. The van der Waals surface area contributed by atoms with E-state index in [9.17, 15) is 14.9 Å². The van der Waals surface area contributed by atoms with E-state index in [0.717, 1.165) is 28.9 Å². The van der Waals surface area contributed by atoms with E-state index in [4.69, 9.17) is 14.5 Å². The number of anilines is 2. The number of carbonyl (C=O) groups is 1. The summed E-state index contributed by atoms with van der Waals surface area (Å²) < 4.78 is 11.9. The number of ether oxygens (including phenoxy) is 2. The first-order chi connectivity index (χ1) is 17.9. The Morgan fingerprint density at radius 2 is 1.73 bits per heavy atom. The van der Waals surface area contributed by atoms with Crippen LogP contribution >= 0.6 is 11.3 Å². The quantitative estimate of drug-likeness (QED) is 0.340. The molecule has 11 heteroatoms. The van der Waals surface area contributed by atoms with Crippen molar-refractivity contribution in [3.63, 3.8) is 0 Å². The first-order valence-corrected chi connectivity index (χ1v) is 13.3. The molecule has 2 saturated heterocycles. The molecule has 2 aliphatic rings. The van der Waals surface area contributed by atoms with Crippen LogP contribution in [-0.2, 0) is 9.47 Å². The molecule has 0 radical (unpaired) electrons. The highest BCUT2D eigenvalue weighted by Crippen LogP contribution is 2.34. The van der Waals surface area contributed by atoms with Gasteiger partial charge in [-0.2, -0.15) is 0 Å². The van der Waals surface area contributed by atoms with Gasteiger partial charge in [0, 0.05) is 50.9 Å². The van der Waals surface area contributed by atoms with Crippen LogP contribution in [0.25, 0.3) is 10.2 Å². The van der Waals surface area contributed by atoms with Gasteiger partial charge in [0.15, 0.2) is 5.13 Å². The van der Waals surface area contributed by atoms with Crippen molar-refractivity contribution >= 4 is 44.0 Å². The third kappa shape index (κ3) is 5.59. The highest BCUT2D eigenvalue weighted by atomic mass is 32.1. The van der Waals surface area contributed by atoms with Crippen molar-refractivity contribution in [3.8, 4) is 0 Å². The van der Waals surface area contributed by atoms with Crippen LogP contribution in [0.1, 0.15) is 21.5 Å². The normalized spacial score (nSPS) is 16.8. The zero-order valence-corrected chi connectivity index (χ0v) is 22.0. The molecule has 0 spiro atoms. The minimum Gasteiger partial charge on any atom is -0.379 e. The molecular weight excluding hydrogens is 494 g/mol. The van der Waals surface area contributed by atoms with Crippen LogP contribution in [0.5, 0.6) is 0 Å². The van der Waals surface area contributed by atoms with Crippen LogP contribution in [0, 0.1) is 24.0 Å². The van der Waals surface area contributed by atoms with E-state index in [0.29, 0.717) is 63.4 Å². The first-order valence-electron chi connectivity index (χ1n) is 12.5. The minimum absolute atomic E-state index is 0.0728. The smallest absolute Gasteiger partial charge is 0.293 e. The van der Waals surface area contributed by atoms with Crippen molar-refractivity contribution in [2.75, 3.05) is 75.5 Å². The predicted molar refractivity (Wildman–Crippen MR) is 144 cm³/mol. The van der Waals surface area contributed by atoms with Crippen LogP contribution < -0.4 is 9.80 Å². The van der Waals surface area contributed by atoms with Gasteiger partial charge in [-0.15, -0.1) is 0 Å². The fourth-order valence-corrected chi connectivity index (χ4v) is 5.73. The van der Waals surface area contributed by atoms with Gasteiger partial charge in [0.1, 0.15) is 5.69 Å². The van der Waals surface area contributed by atoms with Gasteiger partial charge in [-0.25, -0.2) is 4.98 Å². The minimum atomic E-state index is -0.414. The number of hydrogen-bond acceptors (Lipinski definition) is 9. The molecule has 0 bridgehead atoms. The molecule has 3 aromatic rings. The van der Waals surface area contributed by atoms with E-state index in [1.165, 1.54) is 23.0 Å². The fraction of sp³-hybridized carbons (Fsp3) is 0.462. The predicted octanol–water partition coefficient (Wildman–Crippen LogP) is 3.64. The van der Waals surface area contributed by atoms with Crippen molar-refractivity contribution in [1.29, 1.82) is 0 Å². The molecule has 10 nitrogen and oxygen atoms in total. The fourth-order valence-electron chi connectivity index (χ4n) is 4.66. The van der Waals surface area contributed by atoms with Gasteiger partial charge in [-0.3, -0.25) is 24.7 Å². The standard InChI is InChI=1S/C26H31N5O5S/c1-18-15-21-24(16-19(18)2)37-26(27-21)30(6-5-28-7-11-35-12-8-28)25(32)20-3-4-22(23(17-20)31(33)34)29-9-13-36-14-10-29/h3-4,15-17H,5-14H2,1-2H3. The topological polar surface area (TPSA) is 101 Å². The Morgan fingerprint density at radius 3 is 2.43 bits per heavy atom. The number of morpholine rings is 2. The van der Waals surface area contributed by atoms with Gasteiger partial charge in [0.2, 0.25) is 0 Å². The molecule has 5 rings (SSSR count). The number of thiazole rings is 1. The van der Waals surface area contributed by atoms with Crippen LogP contribution in [0.4, 0.5) is 16.5 Å².